The van der Waals surface area contributed by atoms with Gasteiger partial charge in [0.05, 0.1) is 6.54 Å². The zero-order valence-corrected chi connectivity index (χ0v) is 11.1. The van der Waals surface area contributed by atoms with Crippen LogP contribution >= 0.6 is 0 Å². The van der Waals surface area contributed by atoms with E-state index in [4.69, 9.17) is 5.26 Å². The lowest BCUT2D eigenvalue weighted by Crippen LogP contribution is -2.44. The fraction of sp³-hybridized carbons (Fsp3) is 0.333. The number of carbonyl (C=O) groups excluding carboxylic acids is 1. The molecule has 0 spiro atoms. The molecular weight excluding hydrogens is 257 g/mol. The van der Waals surface area contributed by atoms with E-state index in [9.17, 15) is 9.18 Å². The Kier molecular flexibility index (Phi) is 4.36. The van der Waals surface area contributed by atoms with E-state index >= 15 is 0 Å². The molecule has 0 saturated carbocycles. The Bertz CT molecular complexity index is 542. The highest BCUT2D eigenvalue weighted by Crippen LogP contribution is 2.25. The molecule has 1 unspecified atom stereocenters. The van der Waals surface area contributed by atoms with Gasteiger partial charge in [0.1, 0.15) is 0 Å². The molecular formula is C15H16FN3O. The smallest absolute Gasteiger partial charge is 0.263 e. The van der Waals surface area contributed by atoms with E-state index < -0.39 is 11.6 Å². The molecule has 1 saturated heterocycles. The lowest BCUT2D eigenvalue weighted by atomic mass is 10.0. The topological polar surface area (TPSA) is 56.1 Å². The fourth-order valence-electron chi connectivity index (χ4n) is 2.10. The van der Waals surface area contributed by atoms with Crippen LogP contribution in [0.2, 0.25) is 0 Å². The molecule has 2 aliphatic rings. The summed E-state index contributed by atoms with van der Waals surface area (Å²) in [4.78, 5) is 13.3. The Labute approximate surface area is 117 Å². The van der Waals surface area contributed by atoms with Gasteiger partial charge in [0, 0.05) is 25.1 Å². The van der Waals surface area contributed by atoms with Crippen molar-refractivity contribution in [3.8, 4) is 6.19 Å². The summed E-state index contributed by atoms with van der Waals surface area (Å²) >= 11 is 0. The predicted octanol–water partition coefficient (Wildman–Crippen LogP) is 1.95. The van der Waals surface area contributed by atoms with Gasteiger partial charge in [0.15, 0.2) is 6.19 Å². The number of carbonyl (C=O) groups is 1. The van der Waals surface area contributed by atoms with Crippen LogP contribution in [0.1, 0.15) is 12.8 Å². The summed E-state index contributed by atoms with van der Waals surface area (Å²) in [5, 5.41) is 11.4. The minimum atomic E-state index is -1.99. The number of amides is 1. The van der Waals surface area contributed by atoms with Gasteiger partial charge in [-0.25, -0.2) is 4.39 Å². The van der Waals surface area contributed by atoms with Crippen molar-refractivity contribution in [2.75, 3.05) is 13.1 Å². The van der Waals surface area contributed by atoms with Gasteiger partial charge in [-0.05, 0) is 6.08 Å². The number of alkyl halides is 1. The van der Waals surface area contributed by atoms with E-state index in [0.717, 1.165) is 0 Å². The van der Waals surface area contributed by atoms with Gasteiger partial charge in [0.25, 0.3) is 5.91 Å². The molecule has 104 valence electrons. The number of nitrogens with zero attached hydrogens (tertiary/aromatic N) is 2. The van der Waals surface area contributed by atoms with E-state index in [1.165, 1.54) is 4.90 Å². The Balaban J connectivity index is 2.02. The highest BCUT2D eigenvalue weighted by Gasteiger charge is 2.45. The number of nitriles is 1. The summed E-state index contributed by atoms with van der Waals surface area (Å²) in [5.41, 5.74) is -1.35. The molecule has 5 heteroatoms. The van der Waals surface area contributed by atoms with Crippen molar-refractivity contribution in [1.29, 1.82) is 5.26 Å². The molecule has 0 aromatic rings. The molecule has 1 heterocycles. The second-order valence-electron chi connectivity index (χ2n) is 4.78. The average Bonchev–Trinajstić information content (AvgIpc) is 2.88. The first-order valence-corrected chi connectivity index (χ1v) is 6.48. The van der Waals surface area contributed by atoms with Gasteiger partial charge in [0.2, 0.25) is 5.67 Å². The third-order valence-electron chi connectivity index (χ3n) is 3.26. The summed E-state index contributed by atoms with van der Waals surface area (Å²) in [7, 11) is 0. The summed E-state index contributed by atoms with van der Waals surface area (Å²) in [6.07, 6.45) is 15.3. The van der Waals surface area contributed by atoms with E-state index in [2.05, 4.69) is 5.32 Å². The Morgan fingerprint density at radius 3 is 2.85 bits per heavy atom. The van der Waals surface area contributed by atoms with E-state index in [-0.39, 0.29) is 19.5 Å². The van der Waals surface area contributed by atoms with Gasteiger partial charge < -0.3 is 10.2 Å². The molecule has 1 amide bonds. The van der Waals surface area contributed by atoms with Gasteiger partial charge in [-0.1, -0.05) is 36.5 Å². The fourth-order valence-corrected chi connectivity index (χ4v) is 2.10. The Morgan fingerprint density at radius 1 is 1.35 bits per heavy atom. The first-order valence-electron chi connectivity index (χ1n) is 6.48. The second-order valence-corrected chi connectivity index (χ2v) is 4.78. The zero-order chi connectivity index (χ0) is 14.4. The molecule has 0 bridgehead atoms. The second kappa shape index (κ2) is 6.20. The number of allylic oxidation sites excluding steroid dienone is 7. The molecule has 1 fully saturated rings. The van der Waals surface area contributed by atoms with Crippen molar-refractivity contribution < 1.29 is 9.18 Å². The summed E-state index contributed by atoms with van der Waals surface area (Å²) in [5.74, 6) is -0.671. The maximum absolute atomic E-state index is 14.5. The van der Waals surface area contributed by atoms with Crippen molar-refractivity contribution in [3.63, 3.8) is 0 Å². The van der Waals surface area contributed by atoms with Crippen LogP contribution in [-0.4, -0.2) is 29.6 Å². The number of likely N-dealkylation sites (tertiary alicyclic amines) is 1. The molecule has 20 heavy (non-hydrogen) atoms. The summed E-state index contributed by atoms with van der Waals surface area (Å²) < 4.78 is 14.5. The van der Waals surface area contributed by atoms with Gasteiger partial charge in [-0.3, -0.25) is 4.79 Å². The van der Waals surface area contributed by atoms with Crippen molar-refractivity contribution in [2.24, 2.45) is 0 Å². The monoisotopic (exact) mass is 273 g/mol. The zero-order valence-electron chi connectivity index (χ0n) is 11.1. The third-order valence-corrected chi connectivity index (χ3v) is 3.26. The van der Waals surface area contributed by atoms with Crippen molar-refractivity contribution in [1.82, 2.24) is 10.2 Å². The number of rotatable bonds is 2. The molecule has 0 aromatic heterocycles. The first-order chi connectivity index (χ1) is 9.64. The third kappa shape index (κ3) is 3.35. The molecule has 1 aliphatic heterocycles. The van der Waals surface area contributed by atoms with Crippen molar-refractivity contribution in [3.05, 3.63) is 48.2 Å². The maximum Gasteiger partial charge on any atom is 0.263 e. The van der Waals surface area contributed by atoms with Gasteiger partial charge >= 0.3 is 0 Å². The van der Waals surface area contributed by atoms with Gasteiger partial charge in [-0.15, -0.1) is 0 Å². The van der Waals surface area contributed by atoms with Gasteiger partial charge in [-0.2, -0.15) is 5.26 Å². The van der Waals surface area contributed by atoms with Crippen molar-refractivity contribution >= 4 is 5.91 Å². The molecule has 1 aliphatic carbocycles. The van der Waals surface area contributed by atoms with Crippen LogP contribution in [0.25, 0.3) is 0 Å². The standard InChI is InChI=1S/C15H16FN3O/c16-15(9-10-19(11-15)12-17)14(20)18-13-7-5-3-1-2-4-6-8-13/h1-7H,8-11H2,(H,18,20)/b2-1-,5-3-,6-4-,13-7+. The molecule has 0 radical (unpaired) electrons. The number of hydrogen-bond donors (Lipinski definition) is 1. The Hall–Kier alpha value is -2.35. The quantitative estimate of drug-likeness (QED) is 0.782. The highest BCUT2D eigenvalue weighted by atomic mass is 19.1. The largest absolute Gasteiger partial charge is 0.327 e. The SMILES string of the molecule is N#CN1CCC(F)(C(=O)N/C2=C/C=C\C=C/C=C\C2)C1. The van der Waals surface area contributed by atoms with E-state index in [0.29, 0.717) is 12.1 Å². The summed E-state index contributed by atoms with van der Waals surface area (Å²) in [6, 6.07) is 0. The Morgan fingerprint density at radius 2 is 2.10 bits per heavy atom. The van der Waals surface area contributed by atoms with Crippen LogP contribution in [0.15, 0.2) is 48.2 Å². The molecule has 0 aromatic carbocycles. The van der Waals surface area contributed by atoms with E-state index in [1.807, 2.05) is 36.6 Å². The number of halogens is 1. The van der Waals surface area contributed by atoms with E-state index in [1.54, 1.807) is 12.2 Å². The minimum absolute atomic E-state index is 0.0485. The van der Waals surface area contributed by atoms with Crippen LogP contribution in [0.4, 0.5) is 4.39 Å². The van der Waals surface area contributed by atoms with Crippen LogP contribution in [-0.2, 0) is 4.79 Å². The highest BCUT2D eigenvalue weighted by molar-refractivity contribution is 5.87. The maximum atomic E-state index is 14.5. The predicted molar refractivity (Wildman–Crippen MR) is 73.9 cm³/mol. The minimum Gasteiger partial charge on any atom is -0.327 e. The van der Waals surface area contributed by atoms with Crippen LogP contribution < -0.4 is 5.32 Å². The van der Waals surface area contributed by atoms with Crippen LogP contribution in [0.5, 0.6) is 0 Å². The number of hydrogen-bond acceptors (Lipinski definition) is 3. The first kappa shape index (κ1) is 14.1. The van der Waals surface area contributed by atoms with Crippen LogP contribution in [0, 0.1) is 11.5 Å². The molecule has 1 N–H and O–H groups in total. The molecule has 2 rings (SSSR count). The lowest BCUT2D eigenvalue weighted by Gasteiger charge is -2.19. The number of nitrogens with one attached hydrogen (secondary N) is 1. The lowest BCUT2D eigenvalue weighted by molar-refractivity contribution is -0.131. The van der Waals surface area contributed by atoms with Crippen molar-refractivity contribution in [2.45, 2.75) is 18.5 Å². The average molecular weight is 273 g/mol. The van der Waals surface area contributed by atoms with Crippen LogP contribution in [0.3, 0.4) is 0 Å². The summed E-state index contributed by atoms with van der Waals surface area (Å²) in [6.45, 7) is 0.110. The molecule has 4 nitrogen and oxygen atoms in total. The molecule has 1 atom stereocenters. The normalized spacial score (nSPS) is 32.8.